The fourth-order valence-electron chi connectivity index (χ4n) is 2.58. The van der Waals surface area contributed by atoms with Crippen LogP contribution in [0.3, 0.4) is 0 Å². The molecule has 0 saturated heterocycles. The Bertz CT molecular complexity index is 687. The normalized spacial score (nSPS) is 11.7. The molecule has 26 heavy (non-hydrogen) atoms. The van der Waals surface area contributed by atoms with E-state index < -0.39 is 0 Å². The lowest BCUT2D eigenvalue weighted by molar-refractivity contribution is -0.127. The highest BCUT2D eigenvalue weighted by molar-refractivity contribution is 5.85. The molecule has 0 fully saturated rings. The summed E-state index contributed by atoms with van der Waals surface area (Å²) in [6.07, 6.45) is 0.834. The van der Waals surface area contributed by atoms with Gasteiger partial charge in [-0.3, -0.25) is 9.59 Å². The first kappa shape index (κ1) is 19.5. The maximum Gasteiger partial charge on any atom is 0.258 e. The summed E-state index contributed by atoms with van der Waals surface area (Å²) < 4.78 is 5.36. The Kier molecular flexibility index (Phi) is 7.68. The number of hydrogen-bond acceptors (Lipinski definition) is 3. The third-order valence-corrected chi connectivity index (χ3v) is 3.80. The first-order chi connectivity index (χ1) is 12.5. The van der Waals surface area contributed by atoms with E-state index in [2.05, 4.69) is 24.5 Å². The third kappa shape index (κ3) is 6.97. The van der Waals surface area contributed by atoms with E-state index in [4.69, 9.17) is 4.74 Å². The standard InChI is InChI=1S/C21H26N2O3/c1-16(2)13-19(17-9-5-3-6-10-17)23-20(24)14-22-21(25)15-26-18-11-7-4-8-12-18/h3-12,16,19H,13-15H2,1-2H3,(H,22,25)(H,23,24). The zero-order chi connectivity index (χ0) is 18.8. The second-order valence-electron chi connectivity index (χ2n) is 6.54. The maximum absolute atomic E-state index is 12.2. The summed E-state index contributed by atoms with van der Waals surface area (Å²) in [6.45, 7) is 4.04. The van der Waals surface area contributed by atoms with Crippen LogP contribution in [0.5, 0.6) is 5.75 Å². The van der Waals surface area contributed by atoms with Crippen LogP contribution in [0.15, 0.2) is 60.7 Å². The molecule has 138 valence electrons. The van der Waals surface area contributed by atoms with Gasteiger partial charge in [0.2, 0.25) is 5.91 Å². The summed E-state index contributed by atoms with van der Waals surface area (Å²) in [5.74, 6) is 0.513. The number of carbonyl (C=O) groups is 2. The molecule has 5 nitrogen and oxygen atoms in total. The number of nitrogens with one attached hydrogen (secondary N) is 2. The van der Waals surface area contributed by atoms with Crippen LogP contribution in [0.2, 0.25) is 0 Å². The molecule has 0 bridgehead atoms. The number of rotatable bonds is 9. The van der Waals surface area contributed by atoms with Gasteiger partial charge in [0.1, 0.15) is 5.75 Å². The summed E-state index contributed by atoms with van der Waals surface area (Å²) in [7, 11) is 0. The highest BCUT2D eigenvalue weighted by Gasteiger charge is 2.16. The smallest absolute Gasteiger partial charge is 0.258 e. The minimum atomic E-state index is -0.330. The number of para-hydroxylation sites is 1. The molecule has 0 heterocycles. The Morgan fingerprint density at radius 3 is 2.15 bits per heavy atom. The van der Waals surface area contributed by atoms with E-state index >= 15 is 0 Å². The fourth-order valence-corrected chi connectivity index (χ4v) is 2.58. The Morgan fingerprint density at radius 1 is 0.923 bits per heavy atom. The minimum Gasteiger partial charge on any atom is -0.484 e. The van der Waals surface area contributed by atoms with E-state index in [-0.39, 0.29) is 31.0 Å². The molecule has 1 atom stereocenters. The lowest BCUT2D eigenvalue weighted by Gasteiger charge is -2.21. The van der Waals surface area contributed by atoms with Crippen LogP contribution < -0.4 is 15.4 Å². The van der Waals surface area contributed by atoms with Gasteiger partial charge in [0, 0.05) is 0 Å². The van der Waals surface area contributed by atoms with Crippen molar-refractivity contribution in [3.8, 4) is 5.75 Å². The molecule has 0 aliphatic rings. The monoisotopic (exact) mass is 354 g/mol. The second kappa shape index (κ2) is 10.2. The SMILES string of the molecule is CC(C)CC(NC(=O)CNC(=O)COc1ccccc1)c1ccccc1. The van der Waals surface area contributed by atoms with E-state index in [9.17, 15) is 9.59 Å². The molecule has 1 unspecified atom stereocenters. The second-order valence-corrected chi connectivity index (χ2v) is 6.54. The molecule has 2 rings (SSSR count). The van der Waals surface area contributed by atoms with Gasteiger partial charge in [-0.2, -0.15) is 0 Å². The maximum atomic E-state index is 12.2. The molecule has 2 aromatic carbocycles. The Labute approximate surface area is 154 Å². The lowest BCUT2D eigenvalue weighted by atomic mass is 9.97. The molecule has 2 aromatic rings. The summed E-state index contributed by atoms with van der Waals surface area (Å²) in [5, 5.41) is 5.59. The van der Waals surface area contributed by atoms with Gasteiger partial charge < -0.3 is 15.4 Å². The molecule has 2 amide bonds. The number of benzene rings is 2. The van der Waals surface area contributed by atoms with Crippen molar-refractivity contribution in [3.63, 3.8) is 0 Å². The van der Waals surface area contributed by atoms with Gasteiger partial charge in [0.05, 0.1) is 12.6 Å². The largest absolute Gasteiger partial charge is 0.484 e. The average Bonchev–Trinajstić information content (AvgIpc) is 2.65. The molecule has 2 N–H and O–H groups in total. The molecular weight excluding hydrogens is 328 g/mol. The average molecular weight is 354 g/mol. The first-order valence-corrected chi connectivity index (χ1v) is 8.83. The van der Waals surface area contributed by atoms with E-state index in [1.807, 2.05) is 48.5 Å². The van der Waals surface area contributed by atoms with Crippen LogP contribution in [0.4, 0.5) is 0 Å². The van der Waals surface area contributed by atoms with E-state index in [1.165, 1.54) is 0 Å². The van der Waals surface area contributed by atoms with Crippen molar-refractivity contribution >= 4 is 11.8 Å². The van der Waals surface area contributed by atoms with Gasteiger partial charge in [0.25, 0.3) is 5.91 Å². The van der Waals surface area contributed by atoms with Gasteiger partial charge in [-0.1, -0.05) is 62.4 Å². The van der Waals surface area contributed by atoms with Crippen molar-refractivity contribution < 1.29 is 14.3 Å². The molecule has 0 spiro atoms. The van der Waals surface area contributed by atoms with Gasteiger partial charge >= 0.3 is 0 Å². The fraction of sp³-hybridized carbons (Fsp3) is 0.333. The summed E-state index contributed by atoms with van der Waals surface area (Å²) in [4.78, 5) is 24.1. The summed E-state index contributed by atoms with van der Waals surface area (Å²) in [5.41, 5.74) is 1.06. The van der Waals surface area contributed by atoms with Crippen LogP contribution in [0.1, 0.15) is 31.9 Å². The van der Waals surface area contributed by atoms with Crippen molar-refractivity contribution in [1.29, 1.82) is 0 Å². The molecule has 0 aromatic heterocycles. The summed E-state index contributed by atoms with van der Waals surface area (Å²) in [6, 6.07) is 18.9. The Hall–Kier alpha value is -2.82. The summed E-state index contributed by atoms with van der Waals surface area (Å²) >= 11 is 0. The molecule has 5 heteroatoms. The lowest BCUT2D eigenvalue weighted by Crippen LogP contribution is -2.40. The number of hydrogen-bond donors (Lipinski definition) is 2. The zero-order valence-electron chi connectivity index (χ0n) is 15.3. The molecule has 0 radical (unpaired) electrons. The van der Waals surface area contributed by atoms with Crippen LogP contribution in [0.25, 0.3) is 0 Å². The van der Waals surface area contributed by atoms with Gasteiger partial charge in [-0.25, -0.2) is 0 Å². The van der Waals surface area contributed by atoms with Gasteiger partial charge in [-0.15, -0.1) is 0 Å². The van der Waals surface area contributed by atoms with Crippen molar-refractivity contribution in [2.45, 2.75) is 26.3 Å². The van der Waals surface area contributed by atoms with Crippen molar-refractivity contribution in [3.05, 3.63) is 66.2 Å². The minimum absolute atomic E-state index is 0.0684. The molecule has 0 aliphatic carbocycles. The van der Waals surface area contributed by atoms with Gasteiger partial charge in [-0.05, 0) is 30.0 Å². The first-order valence-electron chi connectivity index (χ1n) is 8.83. The Balaban J connectivity index is 1.79. The third-order valence-electron chi connectivity index (χ3n) is 3.80. The van der Waals surface area contributed by atoms with Crippen LogP contribution in [-0.4, -0.2) is 25.0 Å². The van der Waals surface area contributed by atoms with Crippen LogP contribution in [0, 0.1) is 5.92 Å². The quantitative estimate of drug-likeness (QED) is 0.727. The van der Waals surface area contributed by atoms with E-state index in [0.717, 1.165) is 12.0 Å². The molecular formula is C21H26N2O3. The topological polar surface area (TPSA) is 67.4 Å². The van der Waals surface area contributed by atoms with Crippen molar-refractivity contribution in [2.24, 2.45) is 5.92 Å². The van der Waals surface area contributed by atoms with E-state index in [0.29, 0.717) is 11.7 Å². The van der Waals surface area contributed by atoms with Crippen LogP contribution in [-0.2, 0) is 9.59 Å². The van der Waals surface area contributed by atoms with Crippen molar-refractivity contribution in [1.82, 2.24) is 10.6 Å². The van der Waals surface area contributed by atoms with Crippen LogP contribution >= 0.6 is 0 Å². The van der Waals surface area contributed by atoms with Crippen molar-refractivity contribution in [2.75, 3.05) is 13.2 Å². The highest BCUT2D eigenvalue weighted by Crippen LogP contribution is 2.20. The number of amides is 2. The number of carbonyl (C=O) groups excluding carboxylic acids is 2. The van der Waals surface area contributed by atoms with E-state index in [1.54, 1.807) is 12.1 Å². The predicted octanol–water partition coefficient (Wildman–Crippen LogP) is 3.09. The number of ether oxygens (including phenoxy) is 1. The molecule has 0 aliphatic heterocycles. The zero-order valence-corrected chi connectivity index (χ0v) is 15.3. The van der Waals surface area contributed by atoms with Gasteiger partial charge in [0.15, 0.2) is 6.61 Å². The highest BCUT2D eigenvalue weighted by atomic mass is 16.5. The predicted molar refractivity (Wildman–Crippen MR) is 102 cm³/mol. The Morgan fingerprint density at radius 2 is 1.54 bits per heavy atom. The molecule has 0 saturated carbocycles.